The molecule has 0 aliphatic heterocycles. The molecule has 1 aromatic carbocycles. The van der Waals surface area contributed by atoms with Gasteiger partial charge >= 0.3 is 0 Å². The summed E-state index contributed by atoms with van der Waals surface area (Å²) in [6.07, 6.45) is 2.59. The lowest BCUT2D eigenvalue weighted by atomic mass is 10.1. The van der Waals surface area contributed by atoms with Crippen molar-refractivity contribution in [3.63, 3.8) is 0 Å². The summed E-state index contributed by atoms with van der Waals surface area (Å²) in [5.74, 6) is 0.816. The molecule has 0 saturated heterocycles. The second-order valence-electron chi connectivity index (χ2n) is 4.17. The molecule has 1 aliphatic carbocycles. The van der Waals surface area contributed by atoms with Gasteiger partial charge in [-0.3, -0.25) is 0 Å². The summed E-state index contributed by atoms with van der Waals surface area (Å²) >= 11 is 0. The van der Waals surface area contributed by atoms with E-state index in [1.54, 1.807) is 6.07 Å². The molecule has 0 aromatic heterocycles. The van der Waals surface area contributed by atoms with Crippen LogP contribution in [-0.4, -0.2) is 19.2 Å². The fourth-order valence-electron chi connectivity index (χ4n) is 1.54. The Bertz CT molecular complexity index is 405. The Hall–Kier alpha value is -1.53. The van der Waals surface area contributed by atoms with E-state index >= 15 is 0 Å². The quantitative estimate of drug-likeness (QED) is 0.766. The number of aryl methyl sites for hydroxylation is 1. The molecule has 0 bridgehead atoms. The van der Waals surface area contributed by atoms with E-state index in [1.807, 2.05) is 19.1 Å². The number of nitrogens with zero attached hydrogens (tertiary/aromatic N) is 1. The van der Waals surface area contributed by atoms with Crippen molar-refractivity contribution in [3.05, 3.63) is 29.3 Å². The van der Waals surface area contributed by atoms with E-state index in [0.29, 0.717) is 12.2 Å². The van der Waals surface area contributed by atoms with Crippen LogP contribution in [0.2, 0.25) is 0 Å². The number of hydrogen-bond donors (Lipinski definition) is 1. The number of nitriles is 1. The second-order valence-corrected chi connectivity index (χ2v) is 4.17. The van der Waals surface area contributed by atoms with E-state index in [0.717, 1.165) is 23.9 Å². The molecule has 0 atom stereocenters. The second kappa shape index (κ2) is 5.00. The Morgan fingerprint density at radius 2 is 2.31 bits per heavy atom. The van der Waals surface area contributed by atoms with Crippen LogP contribution in [0.4, 0.5) is 0 Å². The molecule has 0 spiro atoms. The van der Waals surface area contributed by atoms with E-state index in [1.165, 1.54) is 12.8 Å². The first-order valence-electron chi connectivity index (χ1n) is 5.66. The van der Waals surface area contributed by atoms with Gasteiger partial charge in [-0.2, -0.15) is 5.26 Å². The molecule has 0 unspecified atom stereocenters. The summed E-state index contributed by atoms with van der Waals surface area (Å²) in [7, 11) is 0. The normalized spacial score (nSPS) is 14.5. The van der Waals surface area contributed by atoms with Crippen molar-refractivity contribution in [1.82, 2.24) is 5.32 Å². The Morgan fingerprint density at radius 1 is 1.50 bits per heavy atom. The fourth-order valence-corrected chi connectivity index (χ4v) is 1.54. The minimum absolute atomic E-state index is 0.649. The SMILES string of the molecule is Cc1ccc(C#N)cc1OCCNC1CC1. The Morgan fingerprint density at radius 3 is 3.00 bits per heavy atom. The van der Waals surface area contributed by atoms with Crippen molar-refractivity contribution < 1.29 is 4.74 Å². The van der Waals surface area contributed by atoms with Crippen molar-refractivity contribution in [2.24, 2.45) is 0 Å². The third-order valence-corrected chi connectivity index (χ3v) is 2.69. The summed E-state index contributed by atoms with van der Waals surface area (Å²) in [6, 6.07) is 8.36. The van der Waals surface area contributed by atoms with Gasteiger partial charge in [0.15, 0.2) is 0 Å². The number of nitrogens with one attached hydrogen (secondary N) is 1. The summed E-state index contributed by atoms with van der Waals surface area (Å²) in [4.78, 5) is 0. The van der Waals surface area contributed by atoms with Crippen LogP contribution < -0.4 is 10.1 Å². The highest BCUT2D eigenvalue weighted by atomic mass is 16.5. The van der Waals surface area contributed by atoms with Crippen LogP contribution in [0.3, 0.4) is 0 Å². The van der Waals surface area contributed by atoms with Crippen LogP contribution in [0.25, 0.3) is 0 Å². The molecule has 2 rings (SSSR count). The van der Waals surface area contributed by atoms with Crippen molar-refractivity contribution >= 4 is 0 Å². The van der Waals surface area contributed by atoms with Crippen LogP contribution in [0.1, 0.15) is 24.0 Å². The third kappa shape index (κ3) is 2.98. The highest BCUT2D eigenvalue weighted by Crippen LogP contribution is 2.20. The largest absolute Gasteiger partial charge is 0.492 e. The van der Waals surface area contributed by atoms with Gasteiger partial charge in [-0.15, -0.1) is 0 Å². The van der Waals surface area contributed by atoms with Crippen LogP contribution in [0.15, 0.2) is 18.2 Å². The van der Waals surface area contributed by atoms with Gasteiger partial charge in [-0.1, -0.05) is 6.07 Å². The van der Waals surface area contributed by atoms with Crippen LogP contribution >= 0.6 is 0 Å². The third-order valence-electron chi connectivity index (χ3n) is 2.69. The molecule has 1 aliphatic rings. The molecule has 1 fully saturated rings. The predicted octanol–water partition coefficient (Wildman–Crippen LogP) is 2.00. The Kier molecular flexibility index (Phi) is 3.43. The standard InChI is InChI=1S/C13H16N2O/c1-10-2-3-11(9-14)8-13(10)16-7-6-15-12-4-5-12/h2-3,8,12,15H,4-7H2,1H3. The molecule has 0 radical (unpaired) electrons. The maximum atomic E-state index is 8.79. The van der Waals surface area contributed by atoms with E-state index in [9.17, 15) is 0 Å². The van der Waals surface area contributed by atoms with Gasteiger partial charge in [-0.05, 0) is 37.5 Å². The zero-order chi connectivity index (χ0) is 11.4. The average molecular weight is 216 g/mol. The van der Waals surface area contributed by atoms with Gasteiger partial charge in [-0.25, -0.2) is 0 Å². The van der Waals surface area contributed by atoms with Crippen LogP contribution in [0, 0.1) is 18.3 Å². The number of ether oxygens (including phenoxy) is 1. The summed E-state index contributed by atoms with van der Waals surface area (Å²) < 4.78 is 5.64. The maximum Gasteiger partial charge on any atom is 0.123 e. The van der Waals surface area contributed by atoms with Crippen molar-refractivity contribution in [2.45, 2.75) is 25.8 Å². The van der Waals surface area contributed by atoms with Crippen molar-refractivity contribution in [3.8, 4) is 11.8 Å². The average Bonchev–Trinajstić information content (AvgIpc) is 3.10. The van der Waals surface area contributed by atoms with E-state index in [2.05, 4.69) is 11.4 Å². The van der Waals surface area contributed by atoms with Crippen molar-refractivity contribution in [1.29, 1.82) is 5.26 Å². The maximum absolute atomic E-state index is 8.79. The molecule has 0 amide bonds. The zero-order valence-corrected chi connectivity index (χ0v) is 9.49. The molecule has 3 nitrogen and oxygen atoms in total. The van der Waals surface area contributed by atoms with Gasteiger partial charge in [0.1, 0.15) is 12.4 Å². The topological polar surface area (TPSA) is 45.0 Å². The summed E-state index contributed by atoms with van der Waals surface area (Å²) in [5.41, 5.74) is 1.72. The molecule has 1 saturated carbocycles. The highest BCUT2D eigenvalue weighted by Gasteiger charge is 2.19. The fraction of sp³-hybridized carbons (Fsp3) is 0.462. The first kappa shape index (κ1) is 11.0. The lowest BCUT2D eigenvalue weighted by Crippen LogP contribution is -2.23. The number of hydrogen-bond acceptors (Lipinski definition) is 3. The first-order chi connectivity index (χ1) is 7.79. The lowest BCUT2D eigenvalue weighted by Gasteiger charge is -2.09. The number of rotatable bonds is 5. The van der Waals surface area contributed by atoms with E-state index in [-0.39, 0.29) is 0 Å². The van der Waals surface area contributed by atoms with Gasteiger partial charge in [0.05, 0.1) is 11.6 Å². The van der Waals surface area contributed by atoms with Gasteiger partial charge in [0.2, 0.25) is 0 Å². The van der Waals surface area contributed by atoms with E-state index in [4.69, 9.17) is 10.00 Å². The van der Waals surface area contributed by atoms with Gasteiger partial charge in [0.25, 0.3) is 0 Å². The summed E-state index contributed by atoms with van der Waals surface area (Å²) in [5, 5.41) is 12.2. The number of benzene rings is 1. The predicted molar refractivity (Wildman–Crippen MR) is 62.4 cm³/mol. The zero-order valence-electron chi connectivity index (χ0n) is 9.49. The monoisotopic (exact) mass is 216 g/mol. The molecular formula is C13H16N2O. The minimum atomic E-state index is 0.649. The van der Waals surface area contributed by atoms with Crippen LogP contribution in [0.5, 0.6) is 5.75 Å². The smallest absolute Gasteiger partial charge is 0.123 e. The van der Waals surface area contributed by atoms with Crippen LogP contribution in [-0.2, 0) is 0 Å². The van der Waals surface area contributed by atoms with Gasteiger partial charge in [0, 0.05) is 12.6 Å². The lowest BCUT2D eigenvalue weighted by molar-refractivity contribution is 0.311. The van der Waals surface area contributed by atoms with Gasteiger partial charge < -0.3 is 10.1 Å². The summed E-state index contributed by atoms with van der Waals surface area (Å²) in [6.45, 7) is 3.53. The Labute approximate surface area is 96.0 Å². The molecule has 1 aromatic rings. The molecule has 84 valence electrons. The van der Waals surface area contributed by atoms with Crippen molar-refractivity contribution in [2.75, 3.05) is 13.2 Å². The molecule has 3 heteroatoms. The van der Waals surface area contributed by atoms with E-state index < -0.39 is 0 Å². The first-order valence-corrected chi connectivity index (χ1v) is 5.66. The Balaban J connectivity index is 1.84. The molecule has 0 heterocycles. The molecule has 16 heavy (non-hydrogen) atoms. The molecule has 1 N–H and O–H groups in total. The molecular weight excluding hydrogens is 200 g/mol. The highest BCUT2D eigenvalue weighted by molar-refractivity contribution is 5.41. The minimum Gasteiger partial charge on any atom is -0.492 e.